The van der Waals surface area contributed by atoms with Crippen molar-refractivity contribution in [3.8, 4) is 0 Å². The molecule has 0 fully saturated rings. The molecule has 0 spiro atoms. The fourth-order valence-corrected chi connectivity index (χ4v) is 3.68. The molecule has 1 amide bonds. The molecule has 0 N–H and O–H groups in total. The van der Waals surface area contributed by atoms with E-state index in [1.807, 2.05) is 31.2 Å². The quantitative estimate of drug-likeness (QED) is 0.412. The summed E-state index contributed by atoms with van der Waals surface area (Å²) in [5.74, 6) is 0.312. The maximum Gasteiger partial charge on any atom is 0.282 e. The number of hydrogen-bond acceptors (Lipinski definition) is 2. The molecule has 0 bridgehead atoms. The molecule has 6 heteroatoms. The maximum absolute atomic E-state index is 13.3. The van der Waals surface area contributed by atoms with Crippen LogP contribution >= 0.6 is 34.8 Å². The first-order valence-electron chi connectivity index (χ1n) is 8.85. The van der Waals surface area contributed by atoms with Crippen LogP contribution in [0.1, 0.15) is 16.7 Å². The summed E-state index contributed by atoms with van der Waals surface area (Å²) in [5, 5.41) is 1.58. The maximum atomic E-state index is 13.3. The highest BCUT2D eigenvalue weighted by Gasteiger charge is 2.32. The van der Waals surface area contributed by atoms with Gasteiger partial charge in [-0.15, -0.1) is 0 Å². The van der Waals surface area contributed by atoms with Crippen molar-refractivity contribution in [2.75, 3.05) is 4.90 Å². The molecule has 0 saturated heterocycles. The predicted molar refractivity (Wildman–Crippen MR) is 121 cm³/mol. The number of carbonyl (C=O) groups excluding carboxylic acids is 1. The van der Waals surface area contributed by atoms with E-state index >= 15 is 0 Å². The minimum absolute atomic E-state index is 0.241. The van der Waals surface area contributed by atoms with Crippen LogP contribution in [0.15, 0.2) is 77.4 Å². The lowest BCUT2D eigenvalue weighted by Crippen LogP contribution is -2.32. The molecule has 29 heavy (non-hydrogen) atoms. The molecular formula is C23H15Cl3N2O. The van der Waals surface area contributed by atoms with Gasteiger partial charge in [0, 0.05) is 20.6 Å². The van der Waals surface area contributed by atoms with Crippen LogP contribution in [0, 0.1) is 6.92 Å². The molecule has 0 aromatic heterocycles. The number of rotatable bonds is 3. The van der Waals surface area contributed by atoms with Crippen molar-refractivity contribution in [1.82, 2.24) is 0 Å². The van der Waals surface area contributed by atoms with Gasteiger partial charge in [0.25, 0.3) is 5.91 Å². The molecule has 1 heterocycles. The lowest BCUT2D eigenvalue weighted by molar-refractivity contribution is -0.113. The zero-order chi connectivity index (χ0) is 20.5. The number of anilines is 1. The molecule has 0 aliphatic carbocycles. The van der Waals surface area contributed by atoms with E-state index in [1.54, 1.807) is 53.4 Å². The Balaban J connectivity index is 1.84. The SMILES string of the molecule is Cc1cccc(C2=N/C(=C/c3ccc(Cl)cc3Cl)C(=O)N2c2ccc(Cl)cc2)c1. The van der Waals surface area contributed by atoms with Gasteiger partial charge in [-0.25, -0.2) is 4.99 Å². The standard InChI is InChI=1S/C23H15Cl3N2O/c1-14-3-2-4-16(11-14)22-27-21(12-15-5-6-18(25)13-20(15)26)23(29)28(22)19-9-7-17(24)8-10-19/h2-13H,1H3/b21-12+. The van der Waals surface area contributed by atoms with Crippen molar-refractivity contribution in [1.29, 1.82) is 0 Å². The predicted octanol–water partition coefficient (Wildman–Crippen LogP) is 6.79. The molecule has 0 saturated carbocycles. The van der Waals surface area contributed by atoms with E-state index in [0.717, 1.165) is 11.1 Å². The van der Waals surface area contributed by atoms with Crippen LogP contribution in [0.3, 0.4) is 0 Å². The Morgan fingerprint density at radius 3 is 2.31 bits per heavy atom. The molecule has 0 unspecified atom stereocenters. The second-order valence-electron chi connectivity index (χ2n) is 6.62. The average molecular weight is 442 g/mol. The zero-order valence-corrected chi connectivity index (χ0v) is 17.6. The van der Waals surface area contributed by atoms with Crippen molar-refractivity contribution in [3.05, 3.63) is 104 Å². The summed E-state index contributed by atoms with van der Waals surface area (Å²) in [6.45, 7) is 2.00. The topological polar surface area (TPSA) is 32.7 Å². The number of benzene rings is 3. The van der Waals surface area contributed by atoms with Gasteiger partial charge in [0.15, 0.2) is 0 Å². The second kappa shape index (κ2) is 8.03. The van der Waals surface area contributed by atoms with Crippen LogP contribution in [0.5, 0.6) is 0 Å². The zero-order valence-electron chi connectivity index (χ0n) is 15.4. The number of halogens is 3. The highest BCUT2D eigenvalue weighted by molar-refractivity contribution is 6.36. The van der Waals surface area contributed by atoms with Gasteiger partial charge in [-0.1, -0.05) is 64.6 Å². The average Bonchev–Trinajstić information content (AvgIpc) is 3.01. The van der Waals surface area contributed by atoms with E-state index in [-0.39, 0.29) is 5.91 Å². The number of amidine groups is 1. The normalized spacial score (nSPS) is 15.2. The minimum atomic E-state index is -0.241. The van der Waals surface area contributed by atoms with Gasteiger partial charge in [0.05, 0.1) is 5.69 Å². The Morgan fingerprint density at radius 2 is 1.62 bits per heavy atom. The summed E-state index contributed by atoms with van der Waals surface area (Å²) >= 11 is 18.3. The highest BCUT2D eigenvalue weighted by atomic mass is 35.5. The minimum Gasteiger partial charge on any atom is -0.266 e. The van der Waals surface area contributed by atoms with Crippen LogP contribution in [0.25, 0.3) is 6.08 Å². The summed E-state index contributed by atoms with van der Waals surface area (Å²) in [6.07, 6.45) is 1.67. The van der Waals surface area contributed by atoms with Crippen molar-refractivity contribution in [2.24, 2.45) is 4.99 Å². The van der Waals surface area contributed by atoms with Crippen molar-refractivity contribution in [3.63, 3.8) is 0 Å². The molecule has 144 valence electrons. The number of amides is 1. The Hall–Kier alpha value is -2.59. The molecule has 3 aromatic carbocycles. The van der Waals surface area contributed by atoms with E-state index in [4.69, 9.17) is 34.8 Å². The third kappa shape index (κ3) is 4.08. The third-order valence-electron chi connectivity index (χ3n) is 4.48. The first-order valence-corrected chi connectivity index (χ1v) is 9.98. The van der Waals surface area contributed by atoms with Gasteiger partial charge in [-0.05, 0) is 61.0 Å². The number of aliphatic imine (C=N–C) groups is 1. The fourth-order valence-electron chi connectivity index (χ4n) is 3.09. The fraction of sp³-hybridized carbons (Fsp3) is 0.0435. The van der Waals surface area contributed by atoms with Gasteiger partial charge in [-0.2, -0.15) is 0 Å². The van der Waals surface area contributed by atoms with Crippen molar-refractivity contribution < 1.29 is 4.79 Å². The van der Waals surface area contributed by atoms with Crippen LogP contribution in [-0.2, 0) is 4.79 Å². The number of aryl methyl sites for hydroxylation is 1. The summed E-state index contributed by atoms with van der Waals surface area (Å²) in [5.41, 5.74) is 3.57. The molecule has 0 atom stereocenters. The lowest BCUT2D eigenvalue weighted by Gasteiger charge is -2.19. The number of carbonyl (C=O) groups is 1. The lowest BCUT2D eigenvalue weighted by atomic mass is 10.1. The Morgan fingerprint density at radius 1 is 0.897 bits per heavy atom. The van der Waals surface area contributed by atoms with Crippen LogP contribution in [-0.4, -0.2) is 11.7 Å². The summed E-state index contributed by atoms with van der Waals surface area (Å²) < 4.78 is 0. The highest BCUT2D eigenvalue weighted by Crippen LogP contribution is 2.30. The van der Waals surface area contributed by atoms with Crippen LogP contribution in [0.4, 0.5) is 5.69 Å². The number of hydrogen-bond donors (Lipinski definition) is 0. The van der Waals surface area contributed by atoms with E-state index < -0.39 is 0 Å². The Labute approximate surface area is 183 Å². The first kappa shape index (κ1) is 19.7. The molecule has 3 aromatic rings. The number of nitrogens with zero attached hydrogens (tertiary/aromatic N) is 2. The molecule has 0 radical (unpaired) electrons. The van der Waals surface area contributed by atoms with Crippen LogP contribution < -0.4 is 4.90 Å². The molecule has 4 rings (SSSR count). The van der Waals surface area contributed by atoms with Gasteiger partial charge in [0.2, 0.25) is 0 Å². The Kier molecular flexibility index (Phi) is 5.46. The third-order valence-corrected chi connectivity index (χ3v) is 5.29. The van der Waals surface area contributed by atoms with E-state index in [9.17, 15) is 4.79 Å². The van der Waals surface area contributed by atoms with E-state index in [0.29, 0.717) is 37.9 Å². The van der Waals surface area contributed by atoms with E-state index in [1.165, 1.54) is 0 Å². The summed E-state index contributed by atoms with van der Waals surface area (Å²) in [6, 6.07) is 20.1. The summed E-state index contributed by atoms with van der Waals surface area (Å²) in [4.78, 5) is 19.5. The molecular weight excluding hydrogens is 427 g/mol. The van der Waals surface area contributed by atoms with E-state index in [2.05, 4.69) is 4.99 Å². The van der Waals surface area contributed by atoms with Crippen LogP contribution in [0.2, 0.25) is 15.1 Å². The van der Waals surface area contributed by atoms with Crippen molar-refractivity contribution >= 4 is 58.3 Å². The molecule has 3 nitrogen and oxygen atoms in total. The molecule has 1 aliphatic heterocycles. The van der Waals surface area contributed by atoms with Gasteiger partial charge < -0.3 is 0 Å². The second-order valence-corrected chi connectivity index (χ2v) is 7.90. The molecule has 1 aliphatic rings. The van der Waals surface area contributed by atoms with Gasteiger partial charge in [-0.3, -0.25) is 9.69 Å². The first-order chi connectivity index (χ1) is 13.9. The van der Waals surface area contributed by atoms with Gasteiger partial charge in [0.1, 0.15) is 11.5 Å². The summed E-state index contributed by atoms with van der Waals surface area (Å²) in [7, 11) is 0. The largest absolute Gasteiger partial charge is 0.282 e. The van der Waals surface area contributed by atoms with Gasteiger partial charge >= 0.3 is 0 Å². The monoisotopic (exact) mass is 440 g/mol. The smallest absolute Gasteiger partial charge is 0.266 e. The van der Waals surface area contributed by atoms with Crippen molar-refractivity contribution in [2.45, 2.75) is 6.92 Å². The Bertz CT molecular complexity index is 1170.